The Morgan fingerprint density at radius 2 is 1.89 bits per heavy atom. The molecule has 7 heteroatoms. The standard InChI is InChI=1S/C20H23N5OS/c1-14-7-9-15(10-8-14)20-23-22-17-11-12-19(24-25(17)20)27-13-18(26)21-16-5-3-2-4-6-16/h7-12,16H,2-6,13H2,1H3,(H,21,26). The van der Waals surface area contributed by atoms with E-state index in [0.29, 0.717) is 23.3 Å². The van der Waals surface area contributed by atoms with Crippen LogP contribution in [0.25, 0.3) is 17.0 Å². The van der Waals surface area contributed by atoms with Gasteiger partial charge in [0.05, 0.1) is 5.75 Å². The van der Waals surface area contributed by atoms with Crippen LogP contribution in [0.4, 0.5) is 0 Å². The molecule has 1 fully saturated rings. The molecule has 1 N–H and O–H groups in total. The predicted molar refractivity (Wildman–Crippen MR) is 107 cm³/mol. The summed E-state index contributed by atoms with van der Waals surface area (Å²) in [7, 11) is 0. The van der Waals surface area contributed by atoms with Crippen molar-refractivity contribution in [2.24, 2.45) is 0 Å². The van der Waals surface area contributed by atoms with Crippen LogP contribution >= 0.6 is 11.8 Å². The molecule has 3 aromatic rings. The molecule has 0 bridgehead atoms. The number of carbonyl (C=O) groups is 1. The monoisotopic (exact) mass is 381 g/mol. The van der Waals surface area contributed by atoms with Crippen LogP contribution in [0.1, 0.15) is 37.7 Å². The number of hydrogen-bond acceptors (Lipinski definition) is 5. The molecule has 1 aromatic carbocycles. The highest BCUT2D eigenvalue weighted by Gasteiger charge is 2.16. The molecule has 0 radical (unpaired) electrons. The summed E-state index contributed by atoms with van der Waals surface area (Å²) in [6.45, 7) is 2.05. The Kier molecular flexibility index (Phi) is 5.38. The first-order chi connectivity index (χ1) is 13.2. The number of amides is 1. The molecule has 0 saturated heterocycles. The highest BCUT2D eigenvalue weighted by molar-refractivity contribution is 7.99. The lowest BCUT2D eigenvalue weighted by molar-refractivity contribution is -0.119. The van der Waals surface area contributed by atoms with Gasteiger partial charge in [0, 0.05) is 11.6 Å². The van der Waals surface area contributed by atoms with Gasteiger partial charge in [0.1, 0.15) is 5.03 Å². The van der Waals surface area contributed by atoms with Crippen LogP contribution in [-0.2, 0) is 4.79 Å². The Morgan fingerprint density at radius 3 is 2.67 bits per heavy atom. The average Bonchev–Trinajstić information content (AvgIpc) is 3.11. The third-order valence-electron chi connectivity index (χ3n) is 4.87. The van der Waals surface area contributed by atoms with Gasteiger partial charge >= 0.3 is 0 Å². The quantitative estimate of drug-likeness (QED) is 0.683. The summed E-state index contributed by atoms with van der Waals surface area (Å²) >= 11 is 1.44. The number of benzene rings is 1. The van der Waals surface area contributed by atoms with Gasteiger partial charge in [-0.25, -0.2) is 0 Å². The maximum atomic E-state index is 12.2. The van der Waals surface area contributed by atoms with Gasteiger partial charge < -0.3 is 5.32 Å². The van der Waals surface area contributed by atoms with E-state index < -0.39 is 0 Å². The zero-order valence-corrected chi connectivity index (χ0v) is 16.2. The number of aromatic nitrogens is 4. The Balaban J connectivity index is 1.45. The first-order valence-corrected chi connectivity index (χ1v) is 10.4. The summed E-state index contributed by atoms with van der Waals surface area (Å²) in [4.78, 5) is 12.2. The molecular formula is C20H23N5OS. The normalized spacial score (nSPS) is 15.1. The Morgan fingerprint density at radius 1 is 1.11 bits per heavy atom. The second-order valence-corrected chi connectivity index (χ2v) is 8.02. The molecular weight excluding hydrogens is 358 g/mol. The van der Waals surface area contributed by atoms with E-state index in [-0.39, 0.29) is 5.91 Å². The van der Waals surface area contributed by atoms with Gasteiger partial charge in [0.2, 0.25) is 5.91 Å². The lowest BCUT2D eigenvalue weighted by atomic mass is 9.95. The van der Waals surface area contributed by atoms with Crippen molar-refractivity contribution in [2.75, 3.05) is 5.75 Å². The number of nitrogens with one attached hydrogen (secondary N) is 1. The summed E-state index contributed by atoms with van der Waals surface area (Å²) in [6, 6.07) is 12.2. The highest BCUT2D eigenvalue weighted by Crippen LogP contribution is 2.22. The van der Waals surface area contributed by atoms with Gasteiger partial charge in [-0.3, -0.25) is 4.79 Å². The molecule has 140 valence electrons. The second kappa shape index (κ2) is 8.08. The fourth-order valence-electron chi connectivity index (χ4n) is 3.39. The topological polar surface area (TPSA) is 72.2 Å². The molecule has 1 aliphatic rings. The average molecular weight is 382 g/mol. The smallest absolute Gasteiger partial charge is 0.230 e. The van der Waals surface area contributed by atoms with Crippen LogP contribution in [0.2, 0.25) is 0 Å². The molecule has 1 amide bonds. The summed E-state index contributed by atoms with van der Waals surface area (Å²) < 4.78 is 1.74. The zero-order valence-electron chi connectivity index (χ0n) is 15.4. The van der Waals surface area contributed by atoms with E-state index >= 15 is 0 Å². The first-order valence-electron chi connectivity index (χ1n) is 9.41. The molecule has 6 nitrogen and oxygen atoms in total. The van der Waals surface area contributed by atoms with Crippen molar-refractivity contribution in [3.05, 3.63) is 42.0 Å². The summed E-state index contributed by atoms with van der Waals surface area (Å²) in [6.07, 6.45) is 5.91. The Hall–Kier alpha value is -2.41. The summed E-state index contributed by atoms with van der Waals surface area (Å²) in [5.41, 5.74) is 2.86. The third-order valence-corrected chi connectivity index (χ3v) is 5.79. The number of rotatable bonds is 5. The van der Waals surface area contributed by atoms with E-state index in [1.54, 1.807) is 4.52 Å². The summed E-state index contributed by atoms with van der Waals surface area (Å²) in [5, 5.41) is 17.0. The van der Waals surface area contributed by atoms with E-state index in [1.807, 2.05) is 36.4 Å². The van der Waals surface area contributed by atoms with Crippen LogP contribution in [0.3, 0.4) is 0 Å². The fourth-order valence-corrected chi connectivity index (χ4v) is 4.05. The number of aryl methyl sites for hydroxylation is 1. The van der Waals surface area contributed by atoms with Crippen molar-refractivity contribution in [1.29, 1.82) is 0 Å². The van der Waals surface area contributed by atoms with Gasteiger partial charge in [-0.1, -0.05) is 60.9 Å². The van der Waals surface area contributed by atoms with Crippen molar-refractivity contribution in [2.45, 2.75) is 50.1 Å². The minimum absolute atomic E-state index is 0.0799. The largest absolute Gasteiger partial charge is 0.353 e. The minimum Gasteiger partial charge on any atom is -0.353 e. The van der Waals surface area contributed by atoms with E-state index in [2.05, 4.69) is 27.5 Å². The molecule has 0 aliphatic heterocycles. The van der Waals surface area contributed by atoms with Crippen molar-refractivity contribution in [3.63, 3.8) is 0 Å². The highest BCUT2D eigenvalue weighted by atomic mass is 32.2. The predicted octanol–water partition coefficient (Wildman–Crippen LogP) is 3.64. The van der Waals surface area contributed by atoms with Crippen LogP contribution in [0.15, 0.2) is 41.4 Å². The molecule has 4 rings (SSSR count). The lowest BCUT2D eigenvalue weighted by Gasteiger charge is -2.22. The lowest BCUT2D eigenvalue weighted by Crippen LogP contribution is -2.37. The third kappa shape index (κ3) is 4.30. The SMILES string of the molecule is Cc1ccc(-c2nnc3ccc(SCC(=O)NC4CCCCC4)nn23)cc1. The molecule has 2 aromatic heterocycles. The molecule has 1 saturated carbocycles. The van der Waals surface area contributed by atoms with E-state index in [4.69, 9.17) is 0 Å². The number of nitrogens with zero attached hydrogens (tertiary/aromatic N) is 4. The van der Waals surface area contributed by atoms with E-state index in [9.17, 15) is 4.79 Å². The van der Waals surface area contributed by atoms with Crippen molar-refractivity contribution < 1.29 is 4.79 Å². The van der Waals surface area contributed by atoms with Crippen molar-refractivity contribution in [1.82, 2.24) is 25.1 Å². The number of hydrogen-bond donors (Lipinski definition) is 1. The maximum absolute atomic E-state index is 12.2. The van der Waals surface area contributed by atoms with Crippen LogP contribution in [0.5, 0.6) is 0 Å². The van der Waals surface area contributed by atoms with Crippen LogP contribution in [-0.4, -0.2) is 37.5 Å². The number of thioether (sulfide) groups is 1. The number of carbonyl (C=O) groups excluding carboxylic acids is 1. The van der Waals surface area contributed by atoms with E-state index in [0.717, 1.165) is 23.4 Å². The van der Waals surface area contributed by atoms with Crippen LogP contribution in [0, 0.1) is 6.92 Å². The zero-order chi connectivity index (χ0) is 18.6. The van der Waals surface area contributed by atoms with E-state index in [1.165, 1.54) is 36.6 Å². The Labute approximate surface area is 162 Å². The van der Waals surface area contributed by atoms with Crippen molar-refractivity contribution in [3.8, 4) is 11.4 Å². The van der Waals surface area contributed by atoms with Crippen molar-refractivity contribution >= 4 is 23.3 Å². The first kappa shape index (κ1) is 18.0. The fraction of sp³-hybridized carbons (Fsp3) is 0.400. The van der Waals surface area contributed by atoms with Gasteiger partial charge in [-0.2, -0.15) is 9.61 Å². The van der Waals surface area contributed by atoms with Gasteiger partial charge in [-0.05, 0) is 31.9 Å². The Bertz CT molecular complexity index is 931. The maximum Gasteiger partial charge on any atom is 0.230 e. The van der Waals surface area contributed by atoms with Gasteiger partial charge in [-0.15, -0.1) is 10.2 Å². The number of fused-ring (bicyclic) bond motifs is 1. The minimum atomic E-state index is 0.0799. The molecule has 2 heterocycles. The van der Waals surface area contributed by atoms with Gasteiger partial charge in [0.25, 0.3) is 0 Å². The molecule has 0 spiro atoms. The molecule has 0 unspecified atom stereocenters. The molecule has 0 atom stereocenters. The molecule has 27 heavy (non-hydrogen) atoms. The summed E-state index contributed by atoms with van der Waals surface area (Å²) in [5.74, 6) is 1.16. The van der Waals surface area contributed by atoms with Gasteiger partial charge in [0.15, 0.2) is 11.5 Å². The second-order valence-electron chi connectivity index (χ2n) is 7.02. The van der Waals surface area contributed by atoms with Crippen LogP contribution < -0.4 is 5.32 Å². The molecule has 1 aliphatic carbocycles.